The van der Waals surface area contributed by atoms with E-state index in [4.69, 9.17) is 13.9 Å². The third kappa shape index (κ3) is 4.07. The van der Waals surface area contributed by atoms with E-state index in [9.17, 15) is 9.90 Å². The quantitative estimate of drug-likeness (QED) is 0.588. The lowest BCUT2D eigenvalue weighted by Crippen LogP contribution is -2.46. The molecule has 3 heterocycles. The van der Waals surface area contributed by atoms with Gasteiger partial charge >= 0.3 is 0 Å². The number of phenolic OH excluding ortho intramolecular Hbond substituents is 1. The van der Waals surface area contributed by atoms with Crippen molar-refractivity contribution in [1.82, 2.24) is 4.90 Å². The molecule has 0 aliphatic carbocycles. The van der Waals surface area contributed by atoms with E-state index in [-0.39, 0.29) is 17.3 Å². The zero-order valence-corrected chi connectivity index (χ0v) is 18.7. The number of allylic oxidation sites excluding steroid dienone is 1. The van der Waals surface area contributed by atoms with Crippen molar-refractivity contribution >= 4 is 17.5 Å². The number of phenols is 1. The third-order valence-corrected chi connectivity index (χ3v) is 6.23. The molecule has 1 saturated heterocycles. The lowest BCUT2D eigenvalue weighted by molar-refractivity contribution is 0.101. The number of carbonyl (C=O) groups excluding carboxylic acids is 1. The molecule has 1 aromatic heterocycles. The summed E-state index contributed by atoms with van der Waals surface area (Å²) >= 11 is 0. The van der Waals surface area contributed by atoms with Crippen LogP contribution in [0, 0.1) is 6.92 Å². The fourth-order valence-electron chi connectivity index (χ4n) is 4.42. The average molecular weight is 447 g/mol. The van der Waals surface area contributed by atoms with Crippen molar-refractivity contribution < 1.29 is 23.8 Å². The molecule has 0 atom stereocenters. The number of hydrogen-bond acceptors (Lipinski definition) is 7. The fourth-order valence-corrected chi connectivity index (χ4v) is 4.42. The van der Waals surface area contributed by atoms with Gasteiger partial charge in [-0.15, -0.1) is 0 Å². The number of ketones is 1. The molecule has 0 saturated carbocycles. The number of furan rings is 1. The van der Waals surface area contributed by atoms with Crippen LogP contribution in [-0.4, -0.2) is 49.1 Å². The van der Waals surface area contributed by atoms with Gasteiger partial charge < -0.3 is 23.9 Å². The number of aryl methyl sites for hydroxylation is 1. The Morgan fingerprint density at radius 2 is 1.88 bits per heavy atom. The van der Waals surface area contributed by atoms with Crippen molar-refractivity contribution in [3.05, 3.63) is 76.9 Å². The number of ether oxygens (including phenoxy) is 2. The van der Waals surface area contributed by atoms with E-state index in [1.165, 1.54) is 0 Å². The number of methoxy groups -OCH3 is 1. The van der Waals surface area contributed by atoms with Gasteiger partial charge in [0.15, 0.2) is 5.76 Å². The average Bonchev–Trinajstić information content (AvgIpc) is 3.45. The Morgan fingerprint density at radius 1 is 1.12 bits per heavy atom. The van der Waals surface area contributed by atoms with Crippen molar-refractivity contribution in [3.8, 4) is 17.2 Å². The highest BCUT2D eigenvalue weighted by Crippen LogP contribution is 2.42. The van der Waals surface area contributed by atoms with Crippen LogP contribution >= 0.6 is 0 Å². The second-order valence-corrected chi connectivity index (χ2v) is 8.31. The van der Waals surface area contributed by atoms with Crippen molar-refractivity contribution in [2.75, 3.05) is 38.2 Å². The van der Waals surface area contributed by atoms with Gasteiger partial charge in [0.25, 0.3) is 0 Å². The third-order valence-electron chi connectivity index (χ3n) is 6.23. The van der Waals surface area contributed by atoms with Gasteiger partial charge in [-0.2, -0.15) is 0 Å². The summed E-state index contributed by atoms with van der Waals surface area (Å²) in [5.74, 6) is 2.01. The minimum absolute atomic E-state index is 0.149. The topological polar surface area (TPSA) is 75.4 Å². The Labute approximate surface area is 192 Å². The molecule has 0 unspecified atom stereocenters. The lowest BCUT2D eigenvalue weighted by Gasteiger charge is -2.36. The molecule has 2 aliphatic heterocycles. The molecule has 7 heteroatoms. The largest absolute Gasteiger partial charge is 0.507 e. The van der Waals surface area contributed by atoms with Crippen LogP contribution in [0.4, 0.5) is 5.69 Å². The summed E-state index contributed by atoms with van der Waals surface area (Å²) in [6, 6.07) is 13.3. The number of nitrogens with zero attached hydrogens (tertiary/aromatic N) is 2. The van der Waals surface area contributed by atoms with Gasteiger partial charge in [0.1, 0.15) is 23.0 Å². The van der Waals surface area contributed by atoms with Crippen LogP contribution in [0.3, 0.4) is 0 Å². The summed E-state index contributed by atoms with van der Waals surface area (Å²) in [5.41, 5.74) is 3.02. The van der Waals surface area contributed by atoms with Crippen molar-refractivity contribution in [1.29, 1.82) is 0 Å². The first-order valence-electron chi connectivity index (χ1n) is 11.0. The molecule has 0 bridgehead atoms. The van der Waals surface area contributed by atoms with Gasteiger partial charge in [-0.05, 0) is 55.0 Å². The summed E-state index contributed by atoms with van der Waals surface area (Å²) in [7, 11) is 1.66. The van der Waals surface area contributed by atoms with Crippen LogP contribution in [0.5, 0.6) is 17.2 Å². The SMILES string of the molecule is COc1ccc(N2CCN(Cc3c(O)cc(C)c4c3O/C(=C\c3ccco3)C4=O)CC2)cc1. The molecule has 2 aliphatic rings. The van der Waals surface area contributed by atoms with Crippen LogP contribution < -0.4 is 14.4 Å². The Balaban J connectivity index is 1.33. The Kier molecular flexibility index (Phi) is 5.56. The maximum absolute atomic E-state index is 13.0. The molecule has 0 radical (unpaired) electrons. The monoisotopic (exact) mass is 446 g/mol. The molecule has 7 nitrogen and oxygen atoms in total. The molecule has 0 amide bonds. The van der Waals surface area contributed by atoms with Crippen LogP contribution in [0.25, 0.3) is 6.08 Å². The van der Waals surface area contributed by atoms with Gasteiger partial charge in [0, 0.05) is 44.5 Å². The Bertz CT molecular complexity index is 1190. The van der Waals surface area contributed by atoms with E-state index >= 15 is 0 Å². The van der Waals surface area contributed by atoms with Crippen LogP contribution in [-0.2, 0) is 6.54 Å². The molecule has 1 fully saturated rings. The minimum Gasteiger partial charge on any atom is -0.507 e. The molecule has 3 aromatic rings. The van der Waals surface area contributed by atoms with Crippen LogP contribution in [0.2, 0.25) is 0 Å². The molecule has 1 N–H and O–H groups in total. The molecule has 170 valence electrons. The Hall–Kier alpha value is -3.71. The van der Waals surface area contributed by atoms with Crippen molar-refractivity contribution in [2.45, 2.75) is 13.5 Å². The maximum atomic E-state index is 13.0. The van der Waals surface area contributed by atoms with E-state index in [1.807, 2.05) is 19.1 Å². The zero-order chi connectivity index (χ0) is 22.9. The second kappa shape index (κ2) is 8.67. The zero-order valence-electron chi connectivity index (χ0n) is 18.7. The summed E-state index contributed by atoms with van der Waals surface area (Å²) in [6.07, 6.45) is 3.14. The summed E-state index contributed by atoms with van der Waals surface area (Å²) in [4.78, 5) is 17.6. The smallest absolute Gasteiger partial charge is 0.232 e. The number of Topliss-reactive ketones (excluding diaryl/α,β-unsaturated/α-hetero) is 1. The predicted molar refractivity (Wildman–Crippen MR) is 125 cm³/mol. The molecule has 0 spiro atoms. The van der Waals surface area contributed by atoms with Gasteiger partial charge in [-0.25, -0.2) is 0 Å². The molecule has 5 rings (SSSR count). The predicted octanol–water partition coefficient (Wildman–Crippen LogP) is 4.24. The van der Waals surface area contributed by atoms with E-state index < -0.39 is 0 Å². The normalized spacial score (nSPS) is 17.3. The number of aromatic hydroxyl groups is 1. The van der Waals surface area contributed by atoms with Gasteiger partial charge in [-0.3, -0.25) is 9.69 Å². The highest BCUT2D eigenvalue weighted by atomic mass is 16.5. The first-order valence-corrected chi connectivity index (χ1v) is 11.0. The summed E-state index contributed by atoms with van der Waals surface area (Å²) in [5, 5.41) is 10.7. The number of anilines is 1. The standard InChI is InChI=1S/C26H26N2O5/c1-17-14-22(29)21(26-24(17)25(30)23(33-26)15-20-4-3-13-32-20)16-27-9-11-28(12-10-27)18-5-7-19(31-2)8-6-18/h3-8,13-15,29H,9-12,16H2,1-2H3/b23-15-. The second-order valence-electron chi connectivity index (χ2n) is 8.31. The fraction of sp³-hybridized carbons (Fsp3) is 0.269. The molecular weight excluding hydrogens is 420 g/mol. The molecule has 33 heavy (non-hydrogen) atoms. The number of carbonyl (C=O) groups is 1. The van der Waals surface area contributed by atoms with Crippen molar-refractivity contribution in [3.63, 3.8) is 0 Å². The lowest BCUT2D eigenvalue weighted by atomic mass is 9.99. The van der Waals surface area contributed by atoms with E-state index in [0.717, 1.165) is 37.6 Å². The highest BCUT2D eigenvalue weighted by Gasteiger charge is 2.34. The van der Waals surface area contributed by atoms with Gasteiger partial charge in [0.2, 0.25) is 5.78 Å². The molecule has 2 aromatic carbocycles. The number of piperazine rings is 1. The number of fused-ring (bicyclic) bond motifs is 1. The summed E-state index contributed by atoms with van der Waals surface area (Å²) in [6.45, 7) is 5.71. The maximum Gasteiger partial charge on any atom is 0.232 e. The van der Waals surface area contributed by atoms with Crippen LogP contribution in [0.1, 0.15) is 27.2 Å². The van der Waals surface area contributed by atoms with Crippen LogP contribution in [0.15, 0.2) is 58.9 Å². The highest BCUT2D eigenvalue weighted by molar-refractivity contribution is 6.15. The van der Waals surface area contributed by atoms with E-state index in [1.54, 1.807) is 37.6 Å². The Morgan fingerprint density at radius 3 is 2.55 bits per heavy atom. The van der Waals surface area contributed by atoms with Gasteiger partial charge in [-0.1, -0.05) is 0 Å². The first kappa shape index (κ1) is 21.2. The number of hydrogen-bond donors (Lipinski definition) is 1. The van der Waals surface area contributed by atoms with E-state index in [0.29, 0.717) is 34.7 Å². The number of benzene rings is 2. The first-order chi connectivity index (χ1) is 16.0. The van der Waals surface area contributed by atoms with E-state index in [2.05, 4.69) is 21.9 Å². The molecular formula is C26H26N2O5. The number of rotatable bonds is 5. The van der Waals surface area contributed by atoms with Crippen molar-refractivity contribution in [2.24, 2.45) is 0 Å². The summed E-state index contributed by atoms with van der Waals surface area (Å²) < 4.78 is 16.6. The minimum atomic E-state index is -0.190. The van der Waals surface area contributed by atoms with Gasteiger partial charge in [0.05, 0.1) is 24.5 Å².